The molecule has 1 heterocycles. The van der Waals surface area contributed by atoms with Crippen molar-refractivity contribution in [2.75, 3.05) is 13.2 Å². The summed E-state index contributed by atoms with van der Waals surface area (Å²) < 4.78 is 4.93. The van der Waals surface area contributed by atoms with E-state index in [2.05, 4.69) is 4.98 Å². The number of H-pyrrole nitrogens is 1. The number of benzene rings is 1. The summed E-state index contributed by atoms with van der Waals surface area (Å²) >= 11 is 0. The Morgan fingerprint density at radius 1 is 1.29 bits per heavy atom. The highest BCUT2D eigenvalue weighted by atomic mass is 16.5. The molecule has 1 amide bonds. The maximum Gasteiger partial charge on any atom is 0.325 e. The first-order chi connectivity index (χ1) is 10.0. The number of rotatable bonds is 5. The summed E-state index contributed by atoms with van der Waals surface area (Å²) in [7, 11) is 0. The van der Waals surface area contributed by atoms with Crippen LogP contribution in [0, 0.1) is 0 Å². The van der Waals surface area contributed by atoms with Crippen LogP contribution in [0.5, 0.6) is 0 Å². The van der Waals surface area contributed by atoms with Gasteiger partial charge in [-0.15, -0.1) is 0 Å². The Bertz CT molecular complexity index is 646. The molecule has 0 aliphatic rings. The molecule has 0 aliphatic carbocycles. The molecule has 0 atom stereocenters. The smallest absolute Gasteiger partial charge is 0.325 e. The summed E-state index contributed by atoms with van der Waals surface area (Å²) in [6, 6.07) is 7.34. The number of esters is 1. The lowest BCUT2D eigenvalue weighted by Crippen LogP contribution is -2.41. The number of ether oxygens (including phenoxy) is 1. The topological polar surface area (TPSA) is 62.4 Å². The first kappa shape index (κ1) is 15.1. The molecule has 0 unspecified atom stereocenters. The third kappa shape index (κ3) is 3.42. The molecule has 5 heteroatoms. The number of fused-ring (bicyclic) bond motifs is 1. The highest BCUT2D eigenvalue weighted by Crippen LogP contribution is 2.16. The number of carbonyl (C=O) groups is 2. The van der Waals surface area contributed by atoms with E-state index in [1.807, 2.05) is 32.2 Å². The predicted molar refractivity (Wildman–Crippen MR) is 81.1 cm³/mol. The van der Waals surface area contributed by atoms with E-state index in [-0.39, 0.29) is 24.5 Å². The van der Waals surface area contributed by atoms with Crippen LogP contribution in [0.25, 0.3) is 10.9 Å². The molecule has 0 saturated carbocycles. The van der Waals surface area contributed by atoms with E-state index >= 15 is 0 Å². The molecule has 112 valence electrons. The summed E-state index contributed by atoms with van der Waals surface area (Å²) in [4.78, 5) is 28.8. The highest BCUT2D eigenvalue weighted by molar-refractivity contribution is 5.99. The van der Waals surface area contributed by atoms with Crippen LogP contribution in [-0.4, -0.2) is 41.0 Å². The molecule has 2 aromatic rings. The fraction of sp³-hybridized carbons (Fsp3) is 0.375. The summed E-state index contributed by atoms with van der Waals surface area (Å²) in [6.45, 7) is 5.79. The maximum absolute atomic E-state index is 12.6. The molecule has 1 aromatic carbocycles. The summed E-state index contributed by atoms with van der Waals surface area (Å²) in [5.74, 6) is -0.560. The molecule has 0 bridgehead atoms. The Kier molecular flexibility index (Phi) is 4.62. The van der Waals surface area contributed by atoms with Crippen molar-refractivity contribution in [1.29, 1.82) is 0 Å². The van der Waals surface area contributed by atoms with Gasteiger partial charge < -0.3 is 14.6 Å². The van der Waals surface area contributed by atoms with Gasteiger partial charge in [-0.1, -0.05) is 6.07 Å². The lowest BCUT2D eigenvalue weighted by molar-refractivity contribution is -0.144. The van der Waals surface area contributed by atoms with E-state index in [1.54, 1.807) is 19.1 Å². The molecule has 1 N–H and O–H groups in total. The van der Waals surface area contributed by atoms with Gasteiger partial charge in [0.15, 0.2) is 0 Å². The van der Waals surface area contributed by atoms with Gasteiger partial charge >= 0.3 is 5.97 Å². The van der Waals surface area contributed by atoms with E-state index in [9.17, 15) is 9.59 Å². The van der Waals surface area contributed by atoms with E-state index in [0.29, 0.717) is 12.2 Å². The van der Waals surface area contributed by atoms with Gasteiger partial charge in [0.2, 0.25) is 0 Å². The van der Waals surface area contributed by atoms with E-state index in [4.69, 9.17) is 4.74 Å². The number of aromatic nitrogens is 1. The Balaban J connectivity index is 2.22. The number of aromatic amines is 1. The van der Waals surface area contributed by atoms with Crippen molar-refractivity contribution in [3.05, 3.63) is 36.0 Å². The quantitative estimate of drug-likeness (QED) is 0.860. The van der Waals surface area contributed by atoms with Crippen LogP contribution in [0.4, 0.5) is 0 Å². The zero-order valence-electron chi connectivity index (χ0n) is 12.6. The van der Waals surface area contributed by atoms with E-state index < -0.39 is 0 Å². The third-order valence-corrected chi connectivity index (χ3v) is 3.29. The summed E-state index contributed by atoms with van der Waals surface area (Å²) in [5.41, 5.74) is 1.46. The average molecular weight is 288 g/mol. The van der Waals surface area contributed by atoms with E-state index in [1.165, 1.54) is 4.90 Å². The zero-order chi connectivity index (χ0) is 15.4. The van der Waals surface area contributed by atoms with Crippen LogP contribution in [0.2, 0.25) is 0 Å². The molecule has 1 aromatic heterocycles. The Morgan fingerprint density at radius 2 is 2.05 bits per heavy atom. The Hall–Kier alpha value is -2.30. The van der Waals surface area contributed by atoms with Crippen LogP contribution in [0.1, 0.15) is 31.1 Å². The lowest BCUT2D eigenvalue weighted by atomic mass is 10.1. The second-order valence-electron chi connectivity index (χ2n) is 5.11. The first-order valence-corrected chi connectivity index (χ1v) is 7.06. The van der Waals surface area contributed by atoms with Crippen molar-refractivity contribution in [3.8, 4) is 0 Å². The minimum atomic E-state index is -0.388. The van der Waals surface area contributed by atoms with Crippen molar-refractivity contribution < 1.29 is 14.3 Å². The minimum absolute atomic E-state index is 0.0346. The molecule has 0 fully saturated rings. The van der Waals surface area contributed by atoms with Gasteiger partial charge in [0.05, 0.1) is 6.61 Å². The van der Waals surface area contributed by atoms with Gasteiger partial charge in [-0.3, -0.25) is 9.59 Å². The lowest BCUT2D eigenvalue weighted by Gasteiger charge is -2.25. The maximum atomic E-state index is 12.6. The Labute approximate surface area is 123 Å². The van der Waals surface area contributed by atoms with E-state index in [0.717, 1.165) is 10.9 Å². The second kappa shape index (κ2) is 6.43. The highest BCUT2D eigenvalue weighted by Gasteiger charge is 2.22. The van der Waals surface area contributed by atoms with Gasteiger partial charge in [0.25, 0.3) is 5.91 Å². The SMILES string of the molecule is CCOC(=O)CN(C(=O)c1ccc2cc[nH]c2c1)C(C)C. The molecule has 2 rings (SSSR count). The number of carbonyl (C=O) groups excluding carboxylic acids is 2. The largest absolute Gasteiger partial charge is 0.465 e. The molecule has 21 heavy (non-hydrogen) atoms. The third-order valence-electron chi connectivity index (χ3n) is 3.29. The van der Waals surface area contributed by atoms with Gasteiger partial charge in [-0.05, 0) is 44.4 Å². The molecular formula is C16H20N2O3. The van der Waals surface area contributed by atoms with Gasteiger partial charge in [0, 0.05) is 23.3 Å². The fourth-order valence-corrected chi connectivity index (χ4v) is 2.18. The zero-order valence-corrected chi connectivity index (χ0v) is 12.6. The van der Waals surface area contributed by atoms with Crippen molar-refractivity contribution in [1.82, 2.24) is 9.88 Å². The van der Waals surface area contributed by atoms with Gasteiger partial charge in [0.1, 0.15) is 6.54 Å². The Morgan fingerprint density at radius 3 is 2.71 bits per heavy atom. The number of hydrogen-bond donors (Lipinski definition) is 1. The fourth-order valence-electron chi connectivity index (χ4n) is 2.18. The monoisotopic (exact) mass is 288 g/mol. The second-order valence-corrected chi connectivity index (χ2v) is 5.11. The molecule has 5 nitrogen and oxygen atoms in total. The minimum Gasteiger partial charge on any atom is -0.465 e. The molecule has 0 radical (unpaired) electrons. The standard InChI is InChI=1S/C16H20N2O3/c1-4-21-15(19)10-18(11(2)3)16(20)13-6-5-12-7-8-17-14(12)9-13/h5-9,11,17H,4,10H2,1-3H3. The normalized spacial score (nSPS) is 10.9. The molecule has 0 saturated heterocycles. The van der Waals surface area contributed by atoms with Gasteiger partial charge in [-0.2, -0.15) is 0 Å². The first-order valence-electron chi connectivity index (χ1n) is 7.06. The number of hydrogen-bond acceptors (Lipinski definition) is 3. The van der Waals surface area contributed by atoms with Crippen molar-refractivity contribution in [3.63, 3.8) is 0 Å². The van der Waals surface area contributed by atoms with Crippen LogP contribution in [0.15, 0.2) is 30.5 Å². The molecule has 0 spiro atoms. The average Bonchev–Trinajstić information content (AvgIpc) is 2.91. The van der Waals surface area contributed by atoms with Crippen molar-refractivity contribution in [2.45, 2.75) is 26.8 Å². The van der Waals surface area contributed by atoms with Crippen LogP contribution < -0.4 is 0 Å². The number of amides is 1. The summed E-state index contributed by atoms with van der Waals surface area (Å²) in [6.07, 6.45) is 1.83. The van der Waals surface area contributed by atoms with Gasteiger partial charge in [-0.25, -0.2) is 0 Å². The number of nitrogens with zero attached hydrogens (tertiary/aromatic N) is 1. The van der Waals surface area contributed by atoms with Crippen molar-refractivity contribution >= 4 is 22.8 Å². The molecular weight excluding hydrogens is 268 g/mol. The van der Waals surface area contributed by atoms with Crippen molar-refractivity contribution in [2.24, 2.45) is 0 Å². The number of nitrogens with one attached hydrogen (secondary N) is 1. The molecule has 0 aliphatic heterocycles. The summed E-state index contributed by atoms with van der Waals surface area (Å²) in [5, 5.41) is 1.05. The van der Waals surface area contributed by atoms with Crippen LogP contribution in [-0.2, 0) is 9.53 Å². The van der Waals surface area contributed by atoms with Crippen LogP contribution in [0.3, 0.4) is 0 Å². The predicted octanol–water partition coefficient (Wildman–Crippen LogP) is 2.58. The van der Waals surface area contributed by atoms with Crippen LogP contribution >= 0.6 is 0 Å².